The smallest absolute Gasteiger partial charge is 0.180 e. The van der Waals surface area contributed by atoms with E-state index >= 15 is 0 Å². The van der Waals surface area contributed by atoms with Crippen molar-refractivity contribution in [1.82, 2.24) is 0 Å². The fourth-order valence-electron chi connectivity index (χ4n) is 1.76. The molecule has 1 aliphatic rings. The zero-order valence-corrected chi connectivity index (χ0v) is 9.85. The normalized spacial score (nSPS) is 22.6. The largest absolute Gasteiger partial charge is 0.330 e. The summed E-state index contributed by atoms with van der Waals surface area (Å²) < 4.78 is 23.6. The lowest BCUT2D eigenvalue weighted by molar-refractivity contribution is 0.600. The Kier molecular flexibility index (Phi) is 3.04. The van der Waals surface area contributed by atoms with Crippen molar-refractivity contribution in [3.05, 3.63) is 29.8 Å². The lowest BCUT2D eigenvalue weighted by Gasteiger charge is -2.07. The molecule has 0 saturated carbocycles. The van der Waals surface area contributed by atoms with Gasteiger partial charge in [0.15, 0.2) is 9.84 Å². The maximum absolute atomic E-state index is 11.8. The van der Waals surface area contributed by atoms with Gasteiger partial charge >= 0.3 is 0 Å². The van der Waals surface area contributed by atoms with E-state index in [9.17, 15) is 8.42 Å². The third kappa shape index (κ3) is 2.04. The second-order valence-corrected chi connectivity index (χ2v) is 6.78. The summed E-state index contributed by atoms with van der Waals surface area (Å²) in [6.07, 6.45) is 0. The highest BCUT2D eigenvalue weighted by Gasteiger charge is 2.34. The summed E-state index contributed by atoms with van der Waals surface area (Å²) in [7, 11) is -3.05. The van der Waals surface area contributed by atoms with Gasteiger partial charge in [-0.3, -0.25) is 0 Å². The average Bonchev–Trinajstić information content (AvgIpc) is 2.49. The Morgan fingerprint density at radius 1 is 1.40 bits per heavy atom. The Morgan fingerprint density at radius 3 is 2.87 bits per heavy atom. The van der Waals surface area contributed by atoms with Gasteiger partial charge in [0, 0.05) is 17.5 Å². The molecule has 0 aliphatic carbocycles. The monoisotopic (exact) mass is 243 g/mol. The fourth-order valence-corrected chi connectivity index (χ4v) is 5.17. The summed E-state index contributed by atoms with van der Waals surface area (Å²) in [5.41, 5.74) is 6.36. The molecule has 1 heterocycles. The number of hydrogen-bond acceptors (Lipinski definition) is 4. The van der Waals surface area contributed by atoms with Crippen LogP contribution in [-0.4, -0.2) is 26.5 Å². The molecule has 82 valence electrons. The maximum atomic E-state index is 11.8. The van der Waals surface area contributed by atoms with Gasteiger partial charge in [0.05, 0.1) is 10.6 Å². The molecule has 0 radical (unpaired) electrons. The number of fused-ring (bicyclic) bond motifs is 1. The first-order chi connectivity index (χ1) is 7.15. The Hall–Kier alpha value is -0.520. The van der Waals surface area contributed by atoms with Crippen LogP contribution in [0.4, 0.5) is 0 Å². The van der Waals surface area contributed by atoms with E-state index in [1.807, 2.05) is 12.1 Å². The van der Waals surface area contributed by atoms with E-state index in [0.717, 1.165) is 11.3 Å². The molecule has 2 rings (SSSR count). The lowest BCUT2D eigenvalue weighted by Crippen LogP contribution is -2.06. The second kappa shape index (κ2) is 4.15. The molecule has 0 spiro atoms. The molecule has 1 unspecified atom stereocenters. The van der Waals surface area contributed by atoms with E-state index in [-0.39, 0.29) is 11.0 Å². The van der Waals surface area contributed by atoms with Crippen LogP contribution in [0.3, 0.4) is 0 Å². The molecule has 1 atom stereocenters. The predicted molar refractivity (Wildman–Crippen MR) is 62.7 cm³/mol. The first-order valence-electron chi connectivity index (χ1n) is 4.78. The molecule has 3 nitrogen and oxygen atoms in total. The van der Waals surface area contributed by atoms with E-state index in [1.54, 1.807) is 23.9 Å². The highest BCUT2D eigenvalue weighted by atomic mass is 32.2. The third-order valence-corrected chi connectivity index (χ3v) is 5.73. The third-order valence-electron chi connectivity index (χ3n) is 2.41. The van der Waals surface area contributed by atoms with Crippen molar-refractivity contribution in [2.24, 2.45) is 5.73 Å². The molecule has 1 aromatic rings. The zero-order valence-electron chi connectivity index (χ0n) is 8.22. The van der Waals surface area contributed by atoms with Crippen LogP contribution in [0.15, 0.2) is 29.2 Å². The van der Waals surface area contributed by atoms with Gasteiger partial charge in [-0.1, -0.05) is 18.2 Å². The highest BCUT2D eigenvalue weighted by Crippen LogP contribution is 2.41. The van der Waals surface area contributed by atoms with Gasteiger partial charge in [-0.15, -0.1) is 0 Å². The number of thioether (sulfide) groups is 1. The van der Waals surface area contributed by atoms with E-state index in [2.05, 4.69) is 0 Å². The van der Waals surface area contributed by atoms with Crippen LogP contribution >= 0.6 is 11.8 Å². The summed E-state index contributed by atoms with van der Waals surface area (Å²) >= 11 is 1.62. The van der Waals surface area contributed by atoms with E-state index < -0.39 is 9.84 Å². The number of rotatable bonds is 3. The first kappa shape index (κ1) is 11.0. The minimum Gasteiger partial charge on any atom is -0.330 e. The minimum atomic E-state index is -3.05. The van der Waals surface area contributed by atoms with Crippen LogP contribution in [0.2, 0.25) is 0 Å². The number of sulfone groups is 1. The van der Waals surface area contributed by atoms with Crippen molar-refractivity contribution < 1.29 is 8.42 Å². The van der Waals surface area contributed by atoms with Crippen LogP contribution in [0, 0.1) is 0 Å². The molecule has 5 heteroatoms. The molecular weight excluding hydrogens is 230 g/mol. The summed E-state index contributed by atoms with van der Waals surface area (Å²) in [5.74, 6) is 1.02. The summed E-state index contributed by atoms with van der Waals surface area (Å²) in [4.78, 5) is 0.500. The first-order valence-corrected chi connectivity index (χ1v) is 7.48. The van der Waals surface area contributed by atoms with Gasteiger partial charge in [-0.05, 0) is 11.6 Å². The number of nitrogens with two attached hydrogens (primary N) is 1. The van der Waals surface area contributed by atoms with Crippen LogP contribution in [0.25, 0.3) is 0 Å². The molecule has 0 amide bonds. The minimum absolute atomic E-state index is 0.0646. The number of hydrogen-bond donors (Lipinski definition) is 1. The summed E-state index contributed by atoms with van der Waals surface area (Å²) in [6.45, 7) is 0.587. The molecule has 1 aliphatic heterocycles. The topological polar surface area (TPSA) is 60.2 Å². The van der Waals surface area contributed by atoms with Gasteiger partial charge in [-0.2, -0.15) is 11.8 Å². The van der Waals surface area contributed by atoms with Crippen molar-refractivity contribution in [3.8, 4) is 0 Å². The molecular formula is C10H13NO2S2. The zero-order chi connectivity index (χ0) is 10.9. The van der Waals surface area contributed by atoms with Gasteiger partial charge in [0.1, 0.15) is 0 Å². The molecule has 2 N–H and O–H groups in total. The highest BCUT2D eigenvalue weighted by molar-refractivity contribution is 8.01. The van der Waals surface area contributed by atoms with E-state index in [4.69, 9.17) is 5.73 Å². The van der Waals surface area contributed by atoms with Crippen molar-refractivity contribution in [3.63, 3.8) is 0 Å². The predicted octanol–water partition coefficient (Wildman–Crippen LogP) is 1.21. The standard InChI is InChI=1S/C10H13NO2S2/c11-5-6-14-9-7-15(12,13)10-4-2-1-3-8(9)10/h1-4,9H,5-7,11H2. The van der Waals surface area contributed by atoms with Crippen molar-refractivity contribution in [2.75, 3.05) is 18.1 Å². The SMILES string of the molecule is NCCSC1CS(=O)(=O)c2ccccc21. The fraction of sp³-hybridized carbons (Fsp3) is 0.400. The molecule has 0 aromatic heterocycles. The molecule has 0 fully saturated rings. The molecule has 1 aromatic carbocycles. The van der Waals surface area contributed by atoms with Crippen LogP contribution in [0.1, 0.15) is 10.8 Å². The Labute approximate surface area is 94.0 Å². The van der Waals surface area contributed by atoms with Crippen LogP contribution in [0.5, 0.6) is 0 Å². The molecule has 0 saturated heterocycles. The molecule has 15 heavy (non-hydrogen) atoms. The van der Waals surface area contributed by atoms with Crippen LogP contribution in [-0.2, 0) is 9.84 Å². The lowest BCUT2D eigenvalue weighted by atomic mass is 10.2. The number of benzene rings is 1. The van der Waals surface area contributed by atoms with Crippen LogP contribution < -0.4 is 5.73 Å². The van der Waals surface area contributed by atoms with Gasteiger partial charge < -0.3 is 5.73 Å². The van der Waals surface area contributed by atoms with E-state index in [0.29, 0.717) is 11.4 Å². The maximum Gasteiger partial charge on any atom is 0.180 e. The van der Waals surface area contributed by atoms with Gasteiger partial charge in [-0.25, -0.2) is 8.42 Å². The van der Waals surface area contributed by atoms with Gasteiger partial charge in [0.25, 0.3) is 0 Å². The van der Waals surface area contributed by atoms with Crippen molar-refractivity contribution >= 4 is 21.6 Å². The van der Waals surface area contributed by atoms with Gasteiger partial charge in [0.2, 0.25) is 0 Å². The quantitative estimate of drug-likeness (QED) is 0.867. The van der Waals surface area contributed by atoms with Crippen molar-refractivity contribution in [2.45, 2.75) is 10.1 Å². The summed E-state index contributed by atoms with van der Waals surface area (Å²) in [6, 6.07) is 7.24. The van der Waals surface area contributed by atoms with E-state index in [1.165, 1.54) is 0 Å². The average molecular weight is 243 g/mol. The molecule has 0 bridgehead atoms. The Bertz CT molecular complexity index is 456. The Morgan fingerprint density at radius 2 is 2.13 bits per heavy atom. The van der Waals surface area contributed by atoms with Crippen molar-refractivity contribution in [1.29, 1.82) is 0 Å². The second-order valence-electron chi connectivity index (χ2n) is 3.47. The summed E-state index contributed by atoms with van der Waals surface area (Å²) in [5, 5.41) is 0.0646. The Balaban J connectivity index is 2.34.